The molecule has 0 saturated carbocycles. The number of ether oxygens (including phenoxy) is 1. The van der Waals surface area contributed by atoms with Crippen molar-refractivity contribution in [1.29, 1.82) is 0 Å². The molecule has 0 heterocycles. The Morgan fingerprint density at radius 1 is 1.31 bits per heavy atom. The molecule has 0 aromatic carbocycles. The lowest BCUT2D eigenvalue weighted by Crippen LogP contribution is -2.26. The van der Waals surface area contributed by atoms with Crippen molar-refractivity contribution in [3.8, 4) is 0 Å². The van der Waals surface area contributed by atoms with Gasteiger partial charge in [-0.2, -0.15) is 0 Å². The van der Waals surface area contributed by atoms with E-state index in [4.69, 9.17) is 4.74 Å². The van der Waals surface area contributed by atoms with E-state index in [1.54, 1.807) is 6.08 Å². The van der Waals surface area contributed by atoms with Crippen LogP contribution in [0.3, 0.4) is 0 Å². The van der Waals surface area contributed by atoms with Crippen molar-refractivity contribution in [1.82, 2.24) is 0 Å². The summed E-state index contributed by atoms with van der Waals surface area (Å²) in [6.07, 6.45) is 2.16. The summed E-state index contributed by atoms with van der Waals surface area (Å²) in [6, 6.07) is 0. The molecule has 2 heteroatoms. The predicted molar refractivity (Wildman–Crippen MR) is 54.4 cm³/mol. The molecule has 0 spiro atoms. The number of allylic oxidation sites excluding steroid dienone is 1. The van der Waals surface area contributed by atoms with Crippen molar-refractivity contribution >= 4 is 5.97 Å². The quantitative estimate of drug-likeness (QED) is 0.498. The third kappa shape index (κ3) is 6.38. The van der Waals surface area contributed by atoms with Crippen molar-refractivity contribution in [3.05, 3.63) is 12.7 Å². The Bertz CT molecular complexity index is 197. The summed E-state index contributed by atoms with van der Waals surface area (Å²) < 4.78 is 5.19. The number of esters is 1. The van der Waals surface area contributed by atoms with Gasteiger partial charge in [-0.05, 0) is 26.2 Å². The molecule has 2 nitrogen and oxygen atoms in total. The van der Waals surface area contributed by atoms with Crippen molar-refractivity contribution < 1.29 is 9.53 Å². The van der Waals surface area contributed by atoms with E-state index in [2.05, 4.69) is 6.58 Å². The first kappa shape index (κ1) is 12.2. The first-order valence-electron chi connectivity index (χ1n) is 4.52. The Labute approximate surface area is 81.0 Å². The second-order valence-corrected chi connectivity index (χ2v) is 4.96. The average Bonchev–Trinajstić information content (AvgIpc) is 1.81. The van der Waals surface area contributed by atoms with Crippen LogP contribution in [-0.2, 0) is 9.53 Å². The maximum Gasteiger partial charge on any atom is 0.307 e. The van der Waals surface area contributed by atoms with Crippen molar-refractivity contribution in [2.45, 2.75) is 46.6 Å². The van der Waals surface area contributed by atoms with Crippen LogP contribution in [0.15, 0.2) is 12.7 Å². The lowest BCUT2D eigenvalue weighted by Gasteiger charge is -2.23. The standard InChI is InChI=1S/C11H20O2/c1-7-11(5,6)8-9(12)13-10(2,3)4/h7H,1,8H2,2-6H3. The smallest absolute Gasteiger partial charge is 0.307 e. The minimum absolute atomic E-state index is 0.169. The zero-order valence-corrected chi connectivity index (χ0v) is 9.31. The van der Waals surface area contributed by atoms with Crippen molar-refractivity contribution in [2.24, 2.45) is 5.41 Å². The van der Waals surface area contributed by atoms with Crippen molar-refractivity contribution in [2.75, 3.05) is 0 Å². The average molecular weight is 184 g/mol. The zero-order valence-electron chi connectivity index (χ0n) is 9.31. The van der Waals surface area contributed by atoms with Gasteiger partial charge in [0, 0.05) is 0 Å². The van der Waals surface area contributed by atoms with E-state index in [-0.39, 0.29) is 11.4 Å². The number of rotatable bonds is 3. The van der Waals surface area contributed by atoms with E-state index in [0.29, 0.717) is 6.42 Å². The van der Waals surface area contributed by atoms with E-state index in [0.717, 1.165) is 0 Å². The number of hydrogen-bond acceptors (Lipinski definition) is 2. The van der Waals surface area contributed by atoms with Gasteiger partial charge >= 0.3 is 5.97 Å². The third-order valence-corrected chi connectivity index (χ3v) is 1.57. The highest BCUT2D eigenvalue weighted by atomic mass is 16.6. The summed E-state index contributed by atoms with van der Waals surface area (Å²) in [7, 11) is 0. The van der Waals surface area contributed by atoms with Crippen LogP contribution in [0.25, 0.3) is 0 Å². The Hall–Kier alpha value is -0.790. The molecule has 0 saturated heterocycles. The summed E-state index contributed by atoms with van der Waals surface area (Å²) in [4.78, 5) is 11.4. The monoisotopic (exact) mass is 184 g/mol. The largest absolute Gasteiger partial charge is 0.460 e. The van der Waals surface area contributed by atoms with Gasteiger partial charge in [0.05, 0.1) is 6.42 Å². The van der Waals surface area contributed by atoms with E-state index >= 15 is 0 Å². The second kappa shape index (κ2) is 3.95. The summed E-state index contributed by atoms with van der Waals surface area (Å²) in [5, 5.41) is 0. The summed E-state index contributed by atoms with van der Waals surface area (Å²) >= 11 is 0. The highest BCUT2D eigenvalue weighted by Crippen LogP contribution is 2.23. The van der Waals surface area contributed by atoms with E-state index in [1.807, 2.05) is 34.6 Å². The number of carbonyl (C=O) groups is 1. The molecule has 0 aliphatic heterocycles. The van der Waals surface area contributed by atoms with Crippen LogP contribution in [0.1, 0.15) is 41.0 Å². The van der Waals surface area contributed by atoms with Crippen LogP contribution in [0, 0.1) is 5.41 Å². The number of carbonyl (C=O) groups excluding carboxylic acids is 1. The van der Waals surface area contributed by atoms with Crippen LogP contribution >= 0.6 is 0 Å². The summed E-state index contributed by atoms with van der Waals surface area (Å²) in [5.41, 5.74) is -0.573. The lowest BCUT2D eigenvalue weighted by atomic mass is 9.90. The van der Waals surface area contributed by atoms with Crippen LogP contribution in [0.4, 0.5) is 0 Å². The molecule has 0 unspecified atom stereocenters. The highest BCUT2D eigenvalue weighted by Gasteiger charge is 2.23. The highest BCUT2D eigenvalue weighted by molar-refractivity contribution is 5.71. The lowest BCUT2D eigenvalue weighted by molar-refractivity contribution is -0.156. The molecular formula is C11H20O2. The van der Waals surface area contributed by atoms with Crippen LogP contribution in [0.5, 0.6) is 0 Å². The fourth-order valence-electron chi connectivity index (χ4n) is 0.822. The summed E-state index contributed by atoms with van der Waals surface area (Å²) in [6.45, 7) is 13.2. The molecule has 0 aromatic heterocycles. The Morgan fingerprint density at radius 2 is 1.77 bits per heavy atom. The van der Waals surface area contributed by atoms with Crippen LogP contribution in [-0.4, -0.2) is 11.6 Å². The molecule has 0 aliphatic rings. The Morgan fingerprint density at radius 3 is 2.08 bits per heavy atom. The third-order valence-electron chi connectivity index (χ3n) is 1.57. The van der Waals surface area contributed by atoms with Gasteiger partial charge in [-0.3, -0.25) is 4.79 Å². The van der Waals surface area contributed by atoms with E-state index in [9.17, 15) is 4.79 Å². The first-order chi connectivity index (χ1) is 5.66. The Balaban J connectivity index is 4.10. The first-order valence-corrected chi connectivity index (χ1v) is 4.52. The summed E-state index contributed by atoms with van der Waals surface area (Å²) in [5.74, 6) is -0.169. The topological polar surface area (TPSA) is 26.3 Å². The normalized spacial score (nSPS) is 12.4. The minimum Gasteiger partial charge on any atom is -0.460 e. The van der Waals surface area contributed by atoms with Crippen LogP contribution in [0.2, 0.25) is 0 Å². The van der Waals surface area contributed by atoms with Gasteiger partial charge in [0.15, 0.2) is 0 Å². The van der Waals surface area contributed by atoms with Crippen LogP contribution < -0.4 is 0 Å². The molecule has 13 heavy (non-hydrogen) atoms. The van der Waals surface area contributed by atoms with Gasteiger partial charge in [-0.1, -0.05) is 19.9 Å². The molecule has 0 fully saturated rings. The maximum atomic E-state index is 11.4. The molecule has 0 bridgehead atoms. The Kier molecular flexibility index (Phi) is 3.71. The predicted octanol–water partition coefficient (Wildman–Crippen LogP) is 2.93. The minimum atomic E-state index is -0.395. The maximum absolute atomic E-state index is 11.4. The second-order valence-electron chi connectivity index (χ2n) is 4.96. The van der Waals surface area contributed by atoms with Gasteiger partial charge in [0.2, 0.25) is 0 Å². The molecule has 0 aromatic rings. The van der Waals surface area contributed by atoms with Gasteiger partial charge in [0.1, 0.15) is 5.60 Å². The van der Waals surface area contributed by atoms with Gasteiger partial charge in [0.25, 0.3) is 0 Å². The van der Waals surface area contributed by atoms with Gasteiger partial charge in [-0.25, -0.2) is 0 Å². The SMILES string of the molecule is C=CC(C)(C)CC(=O)OC(C)(C)C. The zero-order chi connectivity index (χ0) is 10.7. The molecule has 0 N–H and O–H groups in total. The fraction of sp³-hybridized carbons (Fsp3) is 0.727. The fourth-order valence-corrected chi connectivity index (χ4v) is 0.822. The molecule has 0 rings (SSSR count). The van der Waals surface area contributed by atoms with E-state index in [1.165, 1.54) is 0 Å². The van der Waals surface area contributed by atoms with Gasteiger partial charge in [-0.15, -0.1) is 6.58 Å². The molecule has 0 atom stereocenters. The molecule has 0 aliphatic carbocycles. The molecular weight excluding hydrogens is 164 g/mol. The van der Waals surface area contributed by atoms with Gasteiger partial charge < -0.3 is 4.74 Å². The van der Waals surface area contributed by atoms with Crippen molar-refractivity contribution in [3.63, 3.8) is 0 Å². The molecule has 0 amide bonds. The molecule has 0 radical (unpaired) electrons. The molecule has 76 valence electrons. The van der Waals surface area contributed by atoms with E-state index < -0.39 is 5.60 Å². The number of hydrogen-bond donors (Lipinski definition) is 0.